The lowest BCUT2D eigenvalue weighted by molar-refractivity contribution is -0.251. The van der Waals surface area contributed by atoms with Crippen molar-refractivity contribution in [1.82, 2.24) is 0 Å². The molecule has 8 heteroatoms. The summed E-state index contributed by atoms with van der Waals surface area (Å²) in [4.78, 5) is 22.0. The molecule has 0 aromatic rings. The molecule has 8 nitrogen and oxygen atoms in total. The van der Waals surface area contributed by atoms with Crippen molar-refractivity contribution in [1.29, 1.82) is 0 Å². The normalized spacial score (nSPS) is 35.9. The second-order valence-electron chi connectivity index (χ2n) is 4.03. The van der Waals surface area contributed by atoms with Gasteiger partial charge in [-0.05, 0) is 0 Å². The molecule has 1 fully saturated rings. The first kappa shape index (κ1) is 14.8. The molecular formula is C10H18N2O6. The molecule has 1 rings (SSSR count). The zero-order valence-corrected chi connectivity index (χ0v) is 10.2. The Hall–Kier alpha value is -1.22. The number of aliphatic hydroxyl groups excluding tert-OH is 1. The van der Waals surface area contributed by atoms with Gasteiger partial charge in [-0.2, -0.15) is 0 Å². The second-order valence-corrected chi connectivity index (χ2v) is 4.03. The Balaban J connectivity index is 2.92. The zero-order valence-electron chi connectivity index (χ0n) is 10.2. The van der Waals surface area contributed by atoms with Gasteiger partial charge in [-0.1, -0.05) is 0 Å². The van der Waals surface area contributed by atoms with E-state index < -0.39 is 42.6 Å². The van der Waals surface area contributed by atoms with Gasteiger partial charge >= 0.3 is 11.9 Å². The van der Waals surface area contributed by atoms with E-state index in [4.69, 9.17) is 25.7 Å². The number of carbonyl (C=O) groups excluding carboxylic acids is 2. The average molecular weight is 262 g/mol. The van der Waals surface area contributed by atoms with Gasteiger partial charge in [0.15, 0.2) is 18.5 Å². The summed E-state index contributed by atoms with van der Waals surface area (Å²) in [7, 11) is 0. The molecule has 1 aliphatic heterocycles. The standard InChI is InChI=1S/C10H18N2O6/c1-4(13)16-8-6(3-11)18-10(15)7(12)9(8)17-5(2)14/h6-10,15H,3,11-12H2,1-2H3/t6?,7-,8+,9?,10+/m0/s1. The van der Waals surface area contributed by atoms with Gasteiger partial charge in [0.25, 0.3) is 0 Å². The fraction of sp³-hybridized carbons (Fsp3) is 0.800. The van der Waals surface area contributed by atoms with Crippen LogP contribution in [-0.2, 0) is 23.8 Å². The van der Waals surface area contributed by atoms with Crippen molar-refractivity contribution in [2.45, 2.75) is 44.5 Å². The summed E-state index contributed by atoms with van der Waals surface area (Å²) < 4.78 is 15.1. The largest absolute Gasteiger partial charge is 0.457 e. The number of hydrogen-bond acceptors (Lipinski definition) is 8. The third-order valence-electron chi connectivity index (χ3n) is 2.55. The molecule has 0 aromatic carbocycles. The molecule has 0 radical (unpaired) electrons. The van der Waals surface area contributed by atoms with Gasteiger partial charge in [-0.3, -0.25) is 9.59 Å². The van der Waals surface area contributed by atoms with Crippen LogP contribution in [0.15, 0.2) is 0 Å². The van der Waals surface area contributed by atoms with Crippen LogP contribution in [0.1, 0.15) is 13.8 Å². The first-order valence-corrected chi connectivity index (χ1v) is 5.50. The summed E-state index contributed by atoms with van der Waals surface area (Å²) in [6, 6.07) is -1.01. The number of ether oxygens (including phenoxy) is 3. The second kappa shape index (κ2) is 6.10. The van der Waals surface area contributed by atoms with Gasteiger partial charge in [-0.15, -0.1) is 0 Å². The van der Waals surface area contributed by atoms with E-state index in [9.17, 15) is 14.7 Å². The van der Waals surface area contributed by atoms with E-state index in [0.717, 1.165) is 0 Å². The third-order valence-corrected chi connectivity index (χ3v) is 2.55. The summed E-state index contributed by atoms with van der Waals surface area (Å²) in [6.45, 7) is 2.38. The van der Waals surface area contributed by atoms with Crippen LogP contribution < -0.4 is 11.5 Å². The van der Waals surface area contributed by atoms with Crippen LogP contribution in [0, 0.1) is 0 Å². The molecule has 0 saturated carbocycles. The SMILES string of the molecule is CC(=O)OC1[C@H](OC(C)=O)C(CN)O[C@@H](O)[C@H]1N. The van der Waals surface area contributed by atoms with Gasteiger partial charge in [0.2, 0.25) is 0 Å². The van der Waals surface area contributed by atoms with E-state index in [1.807, 2.05) is 0 Å². The van der Waals surface area contributed by atoms with Crippen LogP contribution in [0.2, 0.25) is 0 Å². The first-order valence-electron chi connectivity index (χ1n) is 5.50. The lowest BCUT2D eigenvalue weighted by atomic mass is 9.97. The van der Waals surface area contributed by atoms with Crippen molar-refractivity contribution in [3.63, 3.8) is 0 Å². The van der Waals surface area contributed by atoms with Gasteiger partial charge < -0.3 is 30.8 Å². The van der Waals surface area contributed by atoms with Gasteiger partial charge in [0, 0.05) is 20.4 Å². The van der Waals surface area contributed by atoms with E-state index in [-0.39, 0.29) is 6.54 Å². The van der Waals surface area contributed by atoms with E-state index >= 15 is 0 Å². The highest BCUT2D eigenvalue weighted by Gasteiger charge is 2.47. The van der Waals surface area contributed by atoms with Crippen molar-refractivity contribution in [2.75, 3.05) is 6.54 Å². The number of esters is 2. The first-order chi connectivity index (χ1) is 8.36. The number of nitrogens with two attached hydrogens (primary N) is 2. The molecule has 0 aliphatic carbocycles. The average Bonchev–Trinajstić information content (AvgIpc) is 2.27. The Morgan fingerprint density at radius 1 is 1.22 bits per heavy atom. The summed E-state index contributed by atoms with van der Waals surface area (Å²) in [6.07, 6.45) is -4.05. The minimum atomic E-state index is -1.34. The quantitative estimate of drug-likeness (QED) is 0.490. The Morgan fingerprint density at radius 3 is 2.17 bits per heavy atom. The summed E-state index contributed by atoms with van der Waals surface area (Å²) in [5.74, 6) is -1.18. The molecule has 1 aliphatic rings. The Morgan fingerprint density at radius 2 is 1.72 bits per heavy atom. The third kappa shape index (κ3) is 3.39. The smallest absolute Gasteiger partial charge is 0.303 e. The molecular weight excluding hydrogens is 244 g/mol. The molecule has 104 valence electrons. The number of carbonyl (C=O) groups is 2. The van der Waals surface area contributed by atoms with Crippen molar-refractivity contribution >= 4 is 11.9 Å². The highest BCUT2D eigenvalue weighted by atomic mass is 16.7. The Bertz CT molecular complexity index is 307. The fourth-order valence-electron chi connectivity index (χ4n) is 1.80. The highest BCUT2D eigenvalue weighted by Crippen LogP contribution is 2.23. The van der Waals surface area contributed by atoms with Crippen LogP contribution >= 0.6 is 0 Å². The zero-order chi connectivity index (χ0) is 13.9. The Labute approximate surface area is 104 Å². The fourth-order valence-corrected chi connectivity index (χ4v) is 1.80. The van der Waals surface area contributed by atoms with E-state index in [1.54, 1.807) is 0 Å². The molecule has 2 unspecified atom stereocenters. The maximum atomic E-state index is 11.0. The van der Waals surface area contributed by atoms with Crippen molar-refractivity contribution < 1.29 is 28.9 Å². The number of aliphatic hydroxyl groups is 1. The molecule has 1 heterocycles. The molecule has 5 atom stereocenters. The number of hydrogen-bond donors (Lipinski definition) is 3. The minimum Gasteiger partial charge on any atom is -0.457 e. The summed E-state index contributed by atoms with van der Waals surface area (Å²) >= 11 is 0. The molecule has 0 spiro atoms. The molecule has 0 amide bonds. The maximum Gasteiger partial charge on any atom is 0.303 e. The van der Waals surface area contributed by atoms with Crippen molar-refractivity contribution in [3.8, 4) is 0 Å². The van der Waals surface area contributed by atoms with Crippen molar-refractivity contribution in [2.24, 2.45) is 11.5 Å². The predicted octanol–water partition coefficient (Wildman–Crippen LogP) is -2.15. The van der Waals surface area contributed by atoms with Crippen LogP contribution in [0.5, 0.6) is 0 Å². The van der Waals surface area contributed by atoms with Crippen LogP contribution in [0.3, 0.4) is 0 Å². The molecule has 0 aromatic heterocycles. The van der Waals surface area contributed by atoms with E-state index in [0.29, 0.717) is 0 Å². The van der Waals surface area contributed by atoms with E-state index in [2.05, 4.69) is 0 Å². The van der Waals surface area contributed by atoms with Gasteiger partial charge in [0.1, 0.15) is 6.10 Å². The summed E-state index contributed by atoms with van der Waals surface area (Å²) in [5, 5.41) is 9.58. The summed E-state index contributed by atoms with van der Waals surface area (Å²) in [5.41, 5.74) is 11.1. The van der Waals surface area contributed by atoms with Crippen LogP contribution in [0.25, 0.3) is 0 Å². The molecule has 0 bridgehead atoms. The lowest BCUT2D eigenvalue weighted by Crippen LogP contribution is -2.64. The lowest BCUT2D eigenvalue weighted by Gasteiger charge is -2.41. The van der Waals surface area contributed by atoms with Crippen LogP contribution in [-0.4, -0.2) is 54.2 Å². The highest BCUT2D eigenvalue weighted by molar-refractivity contribution is 5.67. The molecule has 1 saturated heterocycles. The van der Waals surface area contributed by atoms with Gasteiger partial charge in [-0.25, -0.2) is 0 Å². The predicted molar refractivity (Wildman–Crippen MR) is 59.0 cm³/mol. The van der Waals surface area contributed by atoms with Gasteiger partial charge in [0.05, 0.1) is 6.04 Å². The Kier molecular flexibility index (Phi) is 5.03. The van der Waals surface area contributed by atoms with Crippen LogP contribution in [0.4, 0.5) is 0 Å². The molecule has 5 N–H and O–H groups in total. The maximum absolute atomic E-state index is 11.0. The van der Waals surface area contributed by atoms with Crippen molar-refractivity contribution in [3.05, 3.63) is 0 Å². The monoisotopic (exact) mass is 262 g/mol. The number of rotatable bonds is 3. The van der Waals surface area contributed by atoms with E-state index in [1.165, 1.54) is 13.8 Å². The minimum absolute atomic E-state index is 0.0144. The molecule has 18 heavy (non-hydrogen) atoms. The topological polar surface area (TPSA) is 134 Å².